The van der Waals surface area contributed by atoms with Gasteiger partial charge in [0.05, 0.1) is 19.9 Å². The van der Waals surface area contributed by atoms with Gasteiger partial charge in [-0.15, -0.1) is 11.3 Å². The molecule has 0 spiro atoms. The molecule has 1 aromatic carbocycles. The van der Waals surface area contributed by atoms with Gasteiger partial charge in [-0.25, -0.2) is 4.98 Å². The van der Waals surface area contributed by atoms with Gasteiger partial charge >= 0.3 is 0 Å². The number of hydrogen-bond donors (Lipinski definition) is 2. The van der Waals surface area contributed by atoms with Crippen molar-refractivity contribution in [1.82, 2.24) is 10.3 Å². The highest BCUT2D eigenvalue weighted by molar-refractivity contribution is 7.21. The highest BCUT2D eigenvalue weighted by atomic mass is 32.1. The fourth-order valence-corrected chi connectivity index (χ4v) is 5.04. The minimum absolute atomic E-state index is 0.0828. The summed E-state index contributed by atoms with van der Waals surface area (Å²) in [5, 5.41) is 7.41. The van der Waals surface area contributed by atoms with E-state index in [1.165, 1.54) is 11.3 Å². The Hall–Kier alpha value is -3.20. The summed E-state index contributed by atoms with van der Waals surface area (Å²) in [6.45, 7) is 4.06. The summed E-state index contributed by atoms with van der Waals surface area (Å²) in [5.41, 5.74) is 3.46. The average Bonchev–Trinajstić information content (AvgIpc) is 3.31. The molecule has 5 rings (SSSR count). The Bertz CT molecular complexity index is 1170. The van der Waals surface area contributed by atoms with E-state index in [0.29, 0.717) is 33.4 Å². The van der Waals surface area contributed by atoms with Crippen molar-refractivity contribution in [2.75, 3.05) is 26.3 Å². The molecule has 29 heavy (non-hydrogen) atoms. The number of aryl methyl sites for hydroxylation is 2. The molecule has 1 atom stereocenters. The molecule has 2 N–H and O–H groups in total. The summed E-state index contributed by atoms with van der Waals surface area (Å²) < 4.78 is 22.2. The highest BCUT2D eigenvalue weighted by Gasteiger charge is 2.35. The first kappa shape index (κ1) is 17.9. The number of carbonyl (C=O) groups excluding carboxylic acids is 1. The molecule has 4 heterocycles. The first-order valence-electron chi connectivity index (χ1n) is 9.04. The number of methoxy groups -OCH3 is 2. The highest BCUT2D eigenvalue weighted by Crippen LogP contribution is 2.52. The second-order valence-corrected chi connectivity index (χ2v) is 7.88. The SMILES string of the molecule is COc1cc([C@H]2NC(=O)c3sc4nc(C)cc(C)c4c3N2)c(OC)c2c1OCO2. The zero-order valence-corrected chi connectivity index (χ0v) is 17.2. The molecule has 0 fully saturated rings. The Balaban J connectivity index is 1.67. The van der Waals surface area contributed by atoms with Gasteiger partial charge in [0.1, 0.15) is 15.9 Å². The summed E-state index contributed by atoms with van der Waals surface area (Å²) in [5.74, 6) is 1.80. The van der Waals surface area contributed by atoms with Crippen LogP contribution in [0.1, 0.15) is 32.7 Å². The first-order valence-corrected chi connectivity index (χ1v) is 9.86. The number of fused-ring (bicyclic) bond motifs is 4. The number of rotatable bonds is 3. The molecule has 9 heteroatoms. The van der Waals surface area contributed by atoms with E-state index in [9.17, 15) is 4.79 Å². The molecular formula is C20H19N3O5S. The summed E-state index contributed by atoms with van der Waals surface area (Å²) >= 11 is 1.38. The molecule has 2 aliphatic rings. The van der Waals surface area contributed by atoms with E-state index in [-0.39, 0.29) is 12.7 Å². The Morgan fingerprint density at radius 2 is 1.93 bits per heavy atom. The first-order chi connectivity index (χ1) is 14.0. The van der Waals surface area contributed by atoms with Gasteiger partial charge in [-0.2, -0.15) is 0 Å². The van der Waals surface area contributed by atoms with Gasteiger partial charge in [0, 0.05) is 16.6 Å². The van der Waals surface area contributed by atoms with E-state index >= 15 is 0 Å². The van der Waals surface area contributed by atoms with Crippen molar-refractivity contribution in [2.24, 2.45) is 0 Å². The van der Waals surface area contributed by atoms with E-state index in [1.54, 1.807) is 20.3 Å². The lowest BCUT2D eigenvalue weighted by molar-refractivity contribution is 0.0939. The van der Waals surface area contributed by atoms with Gasteiger partial charge in [0.15, 0.2) is 11.5 Å². The molecule has 1 amide bonds. The molecule has 3 aromatic rings. The maximum absolute atomic E-state index is 12.9. The number of carbonyl (C=O) groups is 1. The molecule has 0 aliphatic carbocycles. The van der Waals surface area contributed by atoms with Gasteiger partial charge < -0.3 is 29.6 Å². The van der Waals surface area contributed by atoms with Crippen LogP contribution in [0.4, 0.5) is 5.69 Å². The lowest BCUT2D eigenvalue weighted by Crippen LogP contribution is -2.37. The number of nitrogens with one attached hydrogen (secondary N) is 2. The summed E-state index contributed by atoms with van der Waals surface area (Å²) in [6, 6.07) is 3.81. The van der Waals surface area contributed by atoms with Crippen LogP contribution in [-0.4, -0.2) is 31.9 Å². The van der Waals surface area contributed by atoms with Crippen LogP contribution in [0.2, 0.25) is 0 Å². The molecule has 150 valence electrons. The minimum atomic E-state index is -0.535. The normalized spacial score (nSPS) is 17.0. The number of anilines is 1. The molecule has 2 aromatic heterocycles. The number of nitrogens with zero attached hydrogens (tertiary/aromatic N) is 1. The van der Waals surface area contributed by atoms with Crippen LogP contribution >= 0.6 is 11.3 Å². The third-order valence-electron chi connectivity index (χ3n) is 5.08. The summed E-state index contributed by atoms with van der Waals surface area (Å²) in [6.07, 6.45) is -0.535. The quantitative estimate of drug-likeness (QED) is 0.679. The van der Waals surface area contributed by atoms with Gasteiger partial charge in [0.25, 0.3) is 5.91 Å². The Morgan fingerprint density at radius 3 is 2.69 bits per heavy atom. The lowest BCUT2D eigenvalue weighted by Gasteiger charge is -2.28. The Morgan fingerprint density at radius 1 is 1.14 bits per heavy atom. The predicted octanol–water partition coefficient (Wildman–Crippen LogP) is 3.51. The van der Waals surface area contributed by atoms with Crippen molar-refractivity contribution in [2.45, 2.75) is 20.0 Å². The van der Waals surface area contributed by atoms with Crippen LogP contribution in [0.15, 0.2) is 12.1 Å². The third-order valence-corrected chi connectivity index (χ3v) is 6.17. The van der Waals surface area contributed by atoms with E-state index in [4.69, 9.17) is 18.9 Å². The van der Waals surface area contributed by atoms with Crippen molar-refractivity contribution in [3.05, 3.63) is 33.8 Å². The second kappa shape index (κ2) is 6.41. The molecule has 8 nitrogen and oxygen atoms in total. The van der Waals surface area contributed by atoms with E-state index in [0.717, 1.165) is 27.2 Å². The number of thiophene rings is 1. The van der Waals surface area contributed by atoms with Crippen molar-refractivity contribution in [1.29, 1.82) is 0 Å². The molecule has 0 saturated carbocycles. The van der Waals surface area contributed by atoms with Gasteiger partial charge in [-0.05, 0) is 31.5 Å². The van der Waals surface area contributed by atoms with Crippen LogP contribution < -0.4 is 29.6 Å². The van der Waals surface area contributed by atoms with Gasteiger partial charge in [-0.1, -0.05) is 0 Å². The topological polar surface area (TPSA) is 90.9 Å². The van der Waals surface area contributed by atoms with Gasteiger partial charge in [-0.3, -0.25) is 4.79 Å². The summed E-state index contributed by atoms with van der Waals surface area (Å²) in [4.78, 5) is 19.0. The molecule has 0 radical (unpaired) electrons. The largest absolute Gasteiger partial charge is 0.493 e. The Kier molecular flexibility index (Phi) is 3.95. The monoisotopic (exact) mass is 413 g/mol. The molecule has 0 bridgehead atoms. The molecule has 0 unspecified atom stereocenters. The molecular weight excluding hydrogens is 394 g/mol. The average molecular weight is 413 g/mol. The zero-order chi connectivity index (χ0) is 20.3. The second-order valence-electron chi connectivity index (χ2n) is 6.88. The van der Waals surface area contributed by atoms with Crippen LogP contribution in [0.25, 0.3) is 10.2 Å². The molecule has 0 saturated heterocycles. The zero-order valence-electron chi connectivity index (χ0n) is 16.3. The summed E-state index contributed by atoms with van der Waals surface area (Å²) in [7, 11) is 3.11. The number of amides is 1. The van der Waals surface area contributed by atoms with Crippen LogP contribution in [-0.2, 0) is 0 Å². The maximum atomic E-state index is 12.9. The van der Waals surface area contributed by atoms with Gasteiger partial charge in [0.2, 0.25) is 18.3 Å². The van der Waals surface area contributed by atoms with Crippen molar-refractivity contribution in [3.63, 3.8) is 0 Å². The molecule has 2 aliphatic heterocycles. The smallest absolute Gasteiger partial charge is 0.265 e. The van der Waals surface area contributed by atoms with Crippen LogP contribution in [0.3, 0.4) is 0 Å². The number of benzene rings is 1. The third kappa shape index (κ3) is 2.57. The fraction of sp³-hybridized carbons (Fsp3) is 0.300. The fourth-order valence-electron chi connectivity index (χ4n) is 3.88. The van der Waals surface area contributed by atoms with Crippen LogP contribution in [0, 0.1) is 13.8 Å². The number of aromatic nitrogens is 1. The number of hydrogen-bond acceptors (Lipinski definition) is 8. The number of ether oxygens (including phenoxy) is 4. The van der Waals surface area contributed by atoms with E-state index < -0.39 is 6.17 Å². The van der Waals surface area contributed by atoms with Crippen molar-refractivity contribution < 1.29 is 23.7 Å². The maximum Gasteiger partial charge on any atom is 0.265 e. The van der Waals surface area contributed by atoms with Crippen molar-refractivity contribution in [3.8, 4) is 23.0 Å². The number of pyridine rings is 1. The lowest BCUT2D eigenvalue weighted by atomic mass is 10.0. The standard InChI is InChI=1S/C20H19N3O5S/c1-8-5-9(2)21-20-12(8)13-17(29-20)19(24)23-18(22-13)10-6-11(25-3)15-16(14(10)26-4)28-7-27-15/h5-6,18,22H,7H2,1-4H3,(H,23,24)/t18-/m1/s1. The predicted molar refractivity (Wildman–Crippen MR) is 109 cm³/mol. The van der Waals surface area contributed by atoms with Crippen molar-refractivity contribution >= 4 is 33.1 Å². The minimum Gasteiger partial charge on any atom is -0.493 e. The van der Waals surface area contributed by atoms with E-state index in [2.05, 4.69) is 15.6 Å². The van der Waals surface area contributed by atoms with E-state index in [1.807, 2.05) is 19.9 Å². The van der Waals surface area contributed by atoms with Crippen LogP contribution in [0.5, 0.6) is 23.0 Å². The Labute approximate surface area is 170 Å².